The van der Waals surface area contributed by atoms with Gasteiger partial charge in [0.2, 0.25) is 0 Å². The fraction of sp³-hybridized carbons (Fsp3) is 0.606. The Morgan fingerprint density at radius 3 is 2.05 bits per heavy atom. The van der Waals surface area contributed by atoms with E-state index in [0.29, 0.717) is 31.1 Å². The molecule has 0 saturated heterocycles. The lowest BCUT2D eigenvalue weighted by molar-refractivity contribution is -0.385. The van der Waals surface area contributed by atoms with Crippen molar-refractivity contribution < 1.29 is 23.3 Å². The van der Waals surface area contributed by atoms with Gasteiger partial charge in [0.05, 0.1) is 30.7 Å². The van der Waals surface area contributed by atoms with Crippen molar-refractivity contribution in [1.29, 1.82) is 0 Å². The first-order chi connectivity index (χ1) is 19.9. The van der Waals surface area contributed by atoms with Crippen molar-refractivity contribution >= 4 is 28.2 Å². The maximum absolute atomic E-state index is 14.3. The van der Waals surface area contributed by atoms with Crippen molar-refractivity contribution in [2.75, 3.05) is 13.7 Å². The minimum atomic E-state index is -2.46. The number of nitro groups is 1. The monoisotopic (exact) mass is 628 g/mol. The van der Waals surface area contributed by atoms with Gasteiger partial charge in [0, 0.05) is 12.6 Å². The quantitative estimate of drug-likeness (QED) is 0.140. The van der Waals surface area contributed by atoms with Crippen LogP contribution in [-0.4, -0.2) is 52.1 Å². The van der Waals surface area contributed by atoms with Crippen LogP contribution in [0.15, 0.2) is 36.4 Å². The van der Waals surface area contributed by atoms with Gasteiger partial charge in [0.1, 0.15) is 5.56 Å². The Balaban J connectivity index is 2.10. The molecule has 3 rings (SSSR count). The molecular formula is C33H52N2O6Si2. The van der Waals surface area contributed by atoms with Crippen LogP contribution in [0.2, 0.25) is 34.8 Å². The summed E-state index contributed by atoms with van der Waals surface area (Å²) in [6, 6.07) is 10.7. The lowest BCUT2D eigenvalue weighted by atomic mass is 9.93. The first kappa shape index (κ1) is 34.8. The molecule has 0 saturated carbocycles. The van der Waals surface area contributed by atoms with Gasteiger partial charge in [-0.3, -0.25) is 14.9 Å². The zero-order valence-electron chi connectivity index (χ0n) is 28.2. The van der Waals surface area contributed by atoms with Crippen molar-refractivity contribution in [3.05, 3.63) is 63.2 Å². The fourth-order valence-corrected chi connectivity index (χ4v) is 12.6. The fourth-order valence-electron chi connectivity index (χ4n) is 6.30. The maximum Gasteiger partial charge on any atom is 0.286 e. The van der Waals surface area contributed by atoms with E-state index in [1.54, 1.807) is 4.90 Å². The minimum absolute atomic E-state index is 0.00295. The Morgan fingerprint density at radius 2 is 1.56 bits per heavy atom. The summed E-state index contributed by atoms with van der Waals surface area (Å²) < 4.78 is 19.2. The molecule has 43 heavy (non-hydrogen) atoms. The predicted molar refractivity (Wildman–Crippen MR) is 178 cm³/mol. The highest BCUT2D eigenvalue weighted by Crippen LogP contribution is 2.46. The van der Waals surface area contributed by atoms with E-state index in [2.05, 4.69) is 81.5 Å². The number of amides is 1. The van der Waals surface area contributed by atoms with E-state index >= 15 is 0 Å². The van der Waals surface area contributed by atoms with E-state index in [1.807, 2.05) is 18.2 Å². The number of nitrogens with zero attached hydrogens (tertiary/aromatic N) is 2. The number of hydrogen-bond donors (Lipinski definition) is 0. The van der Waals surface area contributed by atoms with E-state index in [-0.39, 0.29) is 39.0 Å². The number of carbonyl (C=O) groups excluding carboxylic acids is 1. The van der Waals surface area contributed by atoms with Crippen LogP contribution >= 0.6 is 0 Å². The van der Waals surface area contributed by atoms with Crippen LogP contribution in [0.1, 0.15) is 83.8 Å². The van der Waals surface area contributed by atoms with Gasteiger partial charge < -0.3 is 18.5 Å². The normalized spacial score (nSPS) is 16.1. The Kier molecular flexibility index (Phi) is 10.6. The topological polar surface area (TPSA) is 91.1 Å². The third-order valence-electron chi connectivity index (χ3n) is 9.76. The van der Waals surface area contributed by atoms with Crippen molar-refractivity contribution in [1.82, 2.24) is 4.90 Å². The molecule has 1 heterocycles. The van der Waals surface area contributed by atoms with Crippen LogP contribution in [0.25, 0.3) is 0 Å². The zero-order valence-corrected chi connectivity index (χ0v) is 30.2. The molecule has 1 amide bonds. The molecule has 238 valence electrons. The lowest BCUT2D eigenvalue weighted by Gasteiger charge is -2.42. The Hall–Kier alpha value is -2.70. The molecule has 10 heteroatoms. The van der Waals surface area contributed by atoms with E-state index in [1.165, 1.54) is 24.8 Å². The van der Waals surface area contributed by atoms with Gasteiger partial charge in [-0.15, -0.1) is 0 Å². The molecule has 0 bridgehead atoms. The molecule has 8 nitrogen and oxygen atoms in total. The van der Waals surface area contributed by atoms with Gasteiger partial charge in [0.25, 0.3) is 19.9 Å². The summed E-state index contributed by atoms with van der Waals surface area (Å²) in [4.78, 5) is 28.1. The SMILES string of the molecule is COc1cc(C(=O)N2Cc3ccccc3C[C@H]2CO[Si](C)(C)C(C)(C)C)c([N+](=O)[O-])cc1O[Si](C(C)C)(C(C)C)C(C)C. The molecule has 0 unspecified atom stereocenters. The first-order valence-electron chi connectivity index (χ1n) is 15.4. The number of ether oxygens (including phenoxy) is 1. The maximum atomic E-state index is 14.3. The summed E-state index contributed by atoms with van der Waals surface area (Å²) in [6.45, 7) is 24.6. The number of fused-ring (bicyclic) bond motifs is 1. The first-order valence-corrected chi connectivity index (χ1v) is 20.5. The van der Waals surface area contributed by atoms with Crippen LogP contribution < -0.4 is 9.16 Å². The van der Waals surface area contributed by atoms with Crippen LogP contribution in [0, 0.1) is 10.1 Å². The van der Waals surface area contributed by atoms with E-state index in [0.717, 1.165) is 5.56 Å². The summed E-state index contributed by atoms with van der Waals surface area (Å²) in [6.07, 6.45) is 0.619. The van der Waals surface area contributed by atoms with Gasteiger partial charge in [0.15, 0.2) is 19.8 Å². The molecule has 0 aliphatic carbocycles. The zero-order chi connectivity index (χ0) is 32.5. The Morgan fingerprint density at radius 1 is 1.00 bits per heavy atom. The van der Waals surface area contributed by atoms with E-state index in [9.17, 15) is 14.9 Å². The predicted octanol–water partition coefficient (Wildman–Crippen LogP) is 8.75. The molecule has 1 aliphatic rings. The van der Waals surface area contributed by atoms with E-state index < -0.39 is 27.5 Å². The Bertz CT molecular complexity index is 1300. The molecule has 0 fully saturated rings. The van der Waals surface area contributed by atoms with Gasteiger partial charge >= 0.3 is 0 Å². The summed E-state index contributed by atoms with van der Waals surface area (Å²) in [7, 11) is -3.05. The largest absolute Gasteiger partial charge is 0.540 e. The molecule has 2 aromatic carbocycles. The standard InChI is InChI=1S/C33H52N2O6Si2/c1-22(2)43(23(3)4,24(5)6)41-31-19-29(35(37)38)28(18-30(31)39-10)32(36)34-20-26-16-14-13-15-25(26)17-27(34)21-40-42(11,12)33(7,8)9/h13-16,18-19,22-24,27H,17,20-21H2,1-12H3/t27-/m0/s1. The third kappa shape index (κ3) is 7.01. The number of benzene rings is 2. The van der Waals surface area contributed by atoms with Gasteiger partial charge in [-0.1, -0.05) is 86.6 Å². The smallest absolute Gasteiger partial charge is 0.286 e. The molecule has 0 aromatic heterocycles. The molecule has 0 N–H and O–H groups in total. The van der Waals surface area contributed by atoms with Gasteiger partial charge in [-0.2, -0.15) is 0 Å². The lowest BCUT2D eigenvalue weighted by Crippen LogP contribution is -2.51. The summed E-state index contributed by atoms with van der Waals surface area (Å²) in [5, 5.41) is 12.5. The van der Waals surface area contributed by atoms with Crippen molar-refractivity contribution in [2.45, 2.75) is 116 Å². The summed E-state index contributed by atoms with van der Waals surface area (Å²) >= 11 is 0. The number of methoxy groups -OCH3 is 1. The average Bonchev–Trinajstić information content (AvgIpc) is 2.92. The highest BCUT2D eigenvalue weighted by atomic mass is 28.4. The molecular weight excluding hydrogens is 577 g/mol. The molecule has 0 radical (unpaired) electrons. The van der Waals surface area contributed by atoms with Crippen molar-refractivity contribution in [3.63, 3.8) is 0 Å². The second kappa shape index (κ2) is 13.1. The van der Waals surface area contributed by atoms with Crippen molar-refractivity contribution in [2.24, 2.45) is 0 Å². The highest BCUT2D eigenvalue weighted by molar-refractivity contribution is 6.78. The Labute approximate surface area is 260 Å². The molecule has 1 atom stereocenters. The van der Waals surface area contributed by atoms with Crippen LogP contribution in [0.4, 0.5) is 5.69 Å². The minimum Gasteiger partial charge on any atom is -0.540 e. The summed E-state index contributed by atoms with van der Waals surface area (Å²) in [5.41, 5.74) is 2.70. The molecule has 1 aliphatic heterocycles. The number of hydrogen-bond acceptors (Lipinski definition) is 6. The second-order valence-electron chi connectivity index (χ2n) is 14.3. The van der Waals surface area contributed by atoms with Gasteiger partial charge in [-0.25, -0.2) is 0 Å². The molecule has 2 aromatic rings. The van der Waals surface area contributed by atoms with Gasteiger partial charge in [-0.05, 0) is 52.3 Å². The van der Waals surface area contributed by atoms with Crippen LogP contribution in [0.3, 0.4) is 0 Å². The number of rotatable bonds is 11. The van der Waals surface area contributed by atoms with Crippen LogP contribution in [-0.2, 0) is 17.4 Å². The summed E-state index contributed by atoms with van der Waals surface area (Å²) in [5.74, 6) is 0.254. The highest BCUT2D eigenvalue weighted by Gasteiger charge is 2.48. The average molecular weight is 629 g/mol. The van der Waals surface area contributed by atoms with Crippen LogP contribution in [0.5, 0.6) is 11.5 Å². The number of carbonyl (C=O) groups is 1. The van der Waals surface area contributed by atoms with E-state index in [4.69, 9.17) is 13.6 Å². The second-order valence-corrected chi connectivity index (χ2v) is 24.5. The van der Waals surface area contributed by atoms with Crippen molar-refractivity contribution in [3.8, 4) is 11.5 Å². The molecule has 0 spiro atoms. The third-order valence-corrected chi connectivity index (χ3v) is 20.3. The number of nitro benzene ring substituents is 1.